The molecule has 0 aliphatic carbocycles. The van der Waals surface area contributed by atoms with Crippen LogP contribution in [0.1, 0.15) is 17.0 Å². The van der Waals surface area contributed by atoms with E-state index >= 15 is 0 Å². The highest BCUT2D eigenvalue weighted by Gasteiger charge is 2.11. The van der Waals surface area contributed by atoms with Crippen LogP contribution in [0.5, 0.6) is 0 Å². The van der Waals surface area contributed by atoms with Crippen molar-refractivity contribution in [2.24, 2.45) is 0 Å². The molecule has 0 aromatic carbocycles. The van der Waals surface area contributed by atoms with Crippen LogP contribution in [0, 0.1) is 12.7 Å². The summed E-state index contributed by atoms with van der Waals surface area (Å²) >= 11 is 0. The SMILES string of the molecule is Cc1cccc(CN(C)c2ncc(F)cc2CO)n1. The lowest BCUT2D eigenvalue weighted by Gasteiger charge is -2.20. The summed E-state index contributed by atoms with van der Waals surface area (Å²) in [5.41, 5.74) is 2.31. The number of hydrogen-bond acceptors (Lipinski definition) is 4. The average molecular weight is 261 g/mol. The minimum Gasteiger partial charge on any atom is -0.392 e. The van der Waals surface area contributed by atoms with Crippen molar-refractivity contribution >= 4 is 5.82 Å². The Morgan fingerprint density at radius 3 is 2.84 bits per heavy atom. The van der Waals surface area contributed by atoms with Gasteiger partial charge in [0.15, 0.2) is 0 Å². The molecule has 2 aromatic heterocycles. The lowest BCUT2D eigenvalue weighted by molar-refractivity contribution is 0.281. The number of anilines is 1. The maximum absolute atomic E-state index is 13.1. The number of pyridine rings is 2. The van der Waals surface area contributed by atoms with E-state index in [1.807, 2.05) is 37.1 Å². The lowest BCUT2D eigenvalue weighted by Crippen LogP contribution is -2.20. The van der Waals surface area contributed by atoms with Crippen molar-refractivity contribution < 1.29 is 9.50 Å². The van der Waals surface area contributed by atoms with E-state index in [0.29, 0.717) is 17.9 Å². The molecule has 2 aromatic rings. The van der Waals surface area contributed by atoms with Crippen LogP contribution in [0.4, 0.5) is 10.2 Å². The Kier molecular flexibility index (Phi) is 4.06. The van der Waals surface area contributed by atoms with Crippen molar-refractivity contribution in [1.29, 1.82) is 0 Å². The van der Waals surface area contributed by atoms with E-state index in [1.165, 1.54) is 6.07 Å². The number of halogens is 1. The smallest absolute Gasteiger partial charge is 0.142 e. The molecular weight excluding hydrogens is 245 g/mol. The number of nitrogens with zero attached hydrogens (tertiary/aromatic N) is 3. The van der Waals surface area contributed by atoms with Crippen LogP contribution in [-0.4, -0.2) is 22.1 Å². The van der Waals surface area contributed by atoms with Gasteiger partial charge in [-0.15, -0.1) is 0 Å². The molecule has 2 rings (SSSR count). The first-order valence-electron chi connectivity index (χ1n) is 5.99. The number of rotatable bonds is 4. The fraction of sp³-hybridized carbons (Fsp3) is 0.286. The second kappa shape index (κ2) is 5.75. The van der Waals surface area contributed by atoms with Crippen LogP contribution >= 0.6 is 0 Å². The lowest BCUT2D eigenvalue weighted by atomic mass is 10.2. The van der Waals surface area contributed by atoms with Gasteiger partial charge >= 0.3 is 0 Å². The summed E-state index contributed by atoms with van der Waals surface area (Å²) in [6.07, 6.45) is 1.15. The highest BCUT2D eigenvalue weighted by Crippen LogP contribution is 2.19. The summed E-state index contributed by atoms with van der Waals surface area (Å²) in [5, 5.41) is 9.25. The van der Waals surface area contributed by atoms with Crippen LogP contribution in [0.2, 0.25) is 0 Å². The average Bonchev–Trinajstić information content (AvgIpc) is 2.38. The molecule has 100 valence electrons. The Balaban J connectivity index is 2.22. The number of aliphatic hydroxyl groups is 1. The van der Waals surface area contributed by atoms with Crippen molar-refractivity contribution in [3.05, 3.63) is 53.2 Å². The largest absolute Gasteiger partial charge is 0.392 e. The second-order valence-electron chi connectivity index (χ2n) is 4.42. The summed E-state index contributed by atoms with van der Waals surface area (Å²) in [4.78, 5) is 10.3. The quantitative estimate of drug-likeness (QED) is 0.915. The molecule has 0 fully saturated rings. The van der Waals surface area contributed by atoms with E-state index in [-0.39, 0.29) is 6.61 Å². The molecule has 0 saturated carbocycles. The molecule has 0 saturated heterocycles. The minimum absolute atomic E-state index is 0.244. The summed E-state index contributed by atoms with van der Waals surface area (Å²) in [6.45, 7) is 2.23. The monoisotopic (exact) mass is 261 g/mol. The van der Waals surface area contributed by atoms with Gasteiger partial charge in [0, 0.05) is 18.3 Å². The standard InChI is InChI=1S/C14H16FN3O/c1-10-4-3-5-13(17-10)8-18(2)14-11(9-19)6-12(15)7-16-14/h3-7,19H,8-9H2,1-2H3. The zero-order valence-electron chi connectivity index (χ0n) is 11.0. The molecule has 0 bridgehead atoms. The van der Waals surface area contributed by atoms with Crippen molar-refractivity contribution in [2.75, 3.05) is 11.9 Å². The molecule has 5 heteroatoms. The van der Waals surface area contributed by atoms with Crippen molar-refractivity contribution in [2.45, 2.75) is 20.1 Å². The fourth-order valence-corrected chi connectivity index (χ4v) is 1.94. The van der Waals surface area contributed by atoms with Gasteiger partial charge in [0.05, 0.1) is 25.0 Å². The third kappa shape index (κ3) is 3.26. The molecule has 0 unspecified atom stereocenters. The Morgan fingerprint density at radius 1 is 1.37 bits per heavy atom. The highest BCUT2D eigenvalue weighted by atomic mass is 19.1. The fourth-order valence-electron chi connectivity index (χ4n) is 1.94. The molecule has 0 aliphatic rings. The molecule has 0 atom stereocenters. The highest BCUT2D eigenvalue weighted by molar-refractivity contribution is 5.46. The Morgan fingerprint density at radius 2 is 2.16 bits per heavy atom. The third-order valence-electron chi connectivity index (χ3n) is 2.79. The molecule has 0 spiro atoms. The molecule has 0 aliphatic heterocycles. The summed E-state index contributed by atoms with van der Waals surface area (Å²) in [5.74, 6) is 0.113. The van der Waals surface area contributed by atoms with Crippen molar-refractivity contribution in [3.63, 3.8) is 0 Å². The summed E-state index contributed by atoms with van der Waals surface area (Å²) in [7, 11) is 1.84. The van der Waals surface area contributed by atoms with Gasteiger partial charge in [-0.05, 0) is 25.1 Å². The van der Waals surface area contributed by atoms with Crippen molar-refractivity contribution in [3.8, 4) is 0 Å². The van der Waals surface area contributed by atoms with Gasteiger partial charge in [0.2, 0.25) is 0 Å². The zero-order valence-corrected chi connectivity index (χ0v) is 11.0. The molecule has 1 N–H and O–H groups in total. The van der Waals surface area contributed by atoms with E-state index in [9.17, 15) is 9.50 Å². The molecular formula is C14H16FN3O. The molecule has 0 radical (unpaired) electrons. The number of hydrogen-bond donors (Lipinski definition) is 1. The number of aryl methyl sites for hydroxylation is 1. The summed E-state index contributed by atoms with van der Waals surface area (Å²) in [6, 6.07) is 7.09. The number of aliphatic hydroxyl groups excluding tert-OH is 1. The predicted molar refractivity (Wildman–Crippen MR) is 71.2 cm³/mol. The predicted octanol–water partition coefficient (Wildman–Crippen LogP) is 2.05. The van der Waals surface area contributed by atoms with Crippen LogP contribution in [0.3, 0.4) is 0 Å². The van der Waals surface area contributed by atoms with Crippen molar-refractivity contribution in [1.82, 2.24) is 9.97 Å². The van der Waals surface area contributed by atoms with E-state index in [1.54, 1.807) is 0 Å². The van der Waals surface area contributed by atoms with Gasteiger partial charge in [-0.2, -0.15) is 0 Å². The first-order chi connectivity index (χ1) is 9.10. The topological polar surface area (TPSA) is 49.2 Å². The van der Waals surface area contributed by atoms with Crippen LogP contribution in [0.15, 0.2) is 30.5 Å². The van der Waals surface area contributed by atoms with Gasteiger partial charge in [-0.3, -0.25) is 4.98 Å². The summed E-state index contributed by atoms with van der Waals surface area (Å²) < 4.78 is 13.1. The maximum atomic E-state index is 13.1. The van der Waals surface area contributed by atoms with Crippen LogP contribution in [0.25, 0.3) is 0 Å². The van der Waals surface area contributed by atoms with Gasteiger partial charge < -0.3 is 10.0 Å². The molecule has 0 amide bonds. The second-order valence-corrected chi connectivity index (χ2v) is 4.42. The third-order valence-corrected chi connectivity index (χ3v) is 2.79. The Bertz CT molecular complexity index is 574. The Hall–Kier alpha value is -2.01. The molecule has 4 nitrogen and oxygen atoms in total. The zero-order chi connectivity index (χ0) is 13.8. The first kappa shape index (κ1) is 13.4. The normalized spacial score (nSPS) is 10.5. The minimum atomic E-state index is -0.449. The van der Waals surface area contributed by atoms with E-state index in [4.69, 9.17) is 0 Å². The first-order valence-corrected chi connectivity index (χ1v) is 5.99. The van der Waals surface area contributed by atoms with Gasteiger partial charge in [-0.25, -0.2) is 9.37 Å². The maximum Gasteiger partial charge on any atom is 0.142 e. The van der Waals surface area contributed by atoms with E-state index in [2.05, 4.69) is 9.97 Å². The molecule has 19 heavy (non-hydrogen) atoms. The number of aromatic nitrogens is 2. The van der Waals surface area contributed by atoms with Gasteiger partial charge in [0.25, 0.3) is 0 Å². The van der Waals surface area contributed by atoms with Gasteiger partial charge in [0.1, 0.15) is 11.6 Å². The van der Waals surface area contributed by atoms with E-state index in [0.717, 1.165) is 17.6 Å². The van der Waals surface area contributed by atoms with Crippen LogP contribution in [-0.2, 0) is 13.2 Å². The van der Waals surface area contributed by atoms with Crippen LogP contribution < -0.4 is 4.90 Å². The van der Waals surface area contributed by atoms with E-state index < -0.39 is 5.82 Å². The Labute approximate surface area is 111 Å². The molecule has 2 heterocycles. The van der Waals surface area contributed by atoms with Gasteiger partial charge in [-0.1, -0.05) is 6.07 Å².